The van der Waals surface area contributed by atoms with Crippen LogP contribution in [0.15, 0.2) is 42.5 Å². The van der Waals surface area contributed by atoms with Crippen molar-refractivity contribution in [3.05, 3.63) is 64.8 Å². The third kappa shape index (κ3) is 5.99. The normalized spacial score (nSPS) is 17.4. The highest BCUT2D eigenvalue weighted by Crippen LogP contribution is 2.39. The largest absolute Gasteiger partial charge is 0.573 e. The summed E-state index contributed by atoms with van der Waals surface area (Å²) in [6.45, 7) is 14.2. The minimum absolute atomic E-state index is 0.115. The molecule has 1 saturated heterocycles. The van der Waals surface area contributed by atoms with Crippen molar-refractivity contribution >= 4 is 11.5 Å². The second-order valence-electron chi connectivity index (χ2n) is 11.9. The Labute approximate surface area is 229 Å². The minimum atomic E-state index is -4.80. The summed E-state index contributed by atoms with van der Waals surface area (Å²) in [5, 5.41) is 0. The van der Waals surface area contributed by atoms with Crippen LogP contribution in [-0.4, -0.2) is 36.0 Å². The van der Waals surface area contributed by atoms with E-state index < -0.39 is 6.36 Å². The molecule has 2 aliphatic heterocycles. The molecule has 208 valence electrons. The average Bonchev–Trinajstić information content (AvgIpc) is 2.86. The van der Waals surface area contributed by atoms with Crippen molar-refractivity contribution in [2.24, 2.45) is 5.41 Å². The number of para-hydroxylation sites is 1. The third-order valence-corrected chi connectivity index (χ3v) is 7.83. The molecule has 39 heavy (non-hydrogen) atoms. The molecule has 0 N–H and O–H groups in total. The van der Waals surface area contributed by atoms with Crippen LogP contribution < -0.4 is 14.5 Å². The van der Waals surface area contributed by atoms with Gasteiger partial charge in [0.15, 0.2) is 5.82 Å². The zero-order valence-electron chi connectivity index (χ0n) is 23.4. The Bertz CT molecular complexity index is 1350. The molecular weight excluding hydrogens is 501 g/mol. The highest BCUT2D eigenvalue weighted by molar-refractivity contribution is 5.68. The summed E-state index contributed by atoms with van der Waals surface area (Å²) >= 11 is 0. The van der Waals surface area contributed by atoms with Gasteiger partial charge in [-0.2, -0.15) is 0 Å². The molecule has 1 aromatic heterocycles. The Morgan fingerprint density at radius 1 is 1.00 bits per heavy atom. The van der Waals surface area contributed by atoms with Crippen LogP contribution in [0.5, 0.6) is 5.75 Å². The van der Waals surface area contributed by atoms with Gasteiger partial charge in [-0.3, -0.25) is 0 Å². The lowest BCUT2D eigenvalue weighted by molar-refractivity contribution is -0.274. The van der Waals surface area contributed by atoms with Crippen molar-refractivity contribution in [3.63, 3.8) is 0 Å². The van der Waals surface area contributed by atoms with Gasteiger partial charge in [0.25, 0.3) is 0 Å². The van der Waals surface area contributed by atoms with Gasteiger partial charge in [0.05, 0.1) is 11.3 Å². The number of ether oxygens (including phenoxy) is 1. The number of piperidine rings is 1. The molecule has 0 aliphatic carbocycles. The van der Waals surface area contributed by atoms with Crippen LogP contribution in [0.25, 0.3) is 11.4 Å². The maximum absolute atomic E-state index is 13.2. The summed E-state index contributed by atoms with van der Waals surface area (Å²) in [7, 11) is 0. The number of hydrogen-bond acceptors (Lipinski definition) is 5. The van der Waals surface area contributed by atoms with Gasteiger partial charge < -0.3 is 14.5 Å². The van der Waals surface area contributed by atoms with Crippen LogP contribution in [-0.2, 0) is 13.0 Å². The molecule has 0 radical (unpaired) electrons. The van der Waals surface area contributed by atoms with Gasteiger partial charge in [0.1, 0.15) is 11.6 Å². The van der Waals surface area contributed by atoms with Crippen LogP contribution >= 0.6 is 0 Å². The molecule has 1 fully saturated rings. The molecule has 0 amide bonds. The topological polar surface area (TPSA) is 41.5 Å². The molecule has 5 nitrogen and oxygen atoms in total. The van der Waals surface area contributed by atoms with E-state index in [1.807, 2.05) is 0 Å². The molecule has 0 saturated carbocycles. The van der Waals surface area contributed by atoms with E-state index >= 15 is 0 Å². The highest BCUT2D eigenvalue weighted by Gasteiger charge is 2.34. The predicted molar refractivity (Wildman–Crippen MR) is 149 cm³/mol. The first-order chi connectivity index (χ1) is 18.4. The van der Waals surface area contributed by atoms with Crippen LogP contribution in [0.3, 0.4) is 0 Å². The fourth-order valence-electron chi connectivity index (χ4n) is 5.78. The molecule has 3 aromatic rings. The zero-order chi connectivity index (χ0) is 27.9. The van der Waals surface area contributed by atoms with Crippen molar-refractivity contribution in [2.75, 3.05) is 29.4 Å². The van der Waals surface area contributed by atoms with Crippen LogP contribution in [0, 0.1) is 12.3 Å². The van der Waals surface area contributed by atoms with E-state index in [-0.39, 0.29) is 22.6 Å². The van der Waals surface area contributed by atoms with E-state index in [0.29, 0.717) is 18.9 Å². The number of nitrogens with zero attached hydrogens (tertiary/aromatic N) is 4. The van der Waals surface area contributed by atoms with Gasteiger partial charge in [-0.15, -0.1) is 13.2 Å². The quantitative estimate of drug-likeness (QED) is 0.334. The summed E-state index contributed by atoms with van der Waals surface area (Å²) in [6, 6.07) is 12.8. The average molecular weight is 539 g/mol. The monoisotopic (exact) mass is 538 g/mol. The Morgan fingerprint density at radius 2 is 1.77 bits per heavy atom. The molecule has 8 heteroatoms. The van der Waals surface area contributed by atoms with E-state index in [1.54, 1.807) is 12.1 Å². The van der Waals surface area contributed by atoms with E-state index in [4.69, 9.17) is 9.97 Å². The number of rotatable bonds is 5. The molecule has 5 rings (SSSR count). The number of aryl methyl sites for hydroxylation is 1. The fourth-order valence-corrected chi connectivity index (χ4v) is 5.78. The Morgan fingerprint density at radius 3 is 2.49 bits per heavy atom. The van der Waals surface area contributed by atoms with Gasteiger partial charge in [-0.1, -0.05) is 52.0 Å². The van der Waals surface area contributed by atoms with Crippen LogP contribution in [0.2, 0.25) is 0 Å². The van der Waals surface area contributed by atoms with Gasteiger partial charge in [-0.25, -0.2) is 9.97 Å². The summed E-state index contributed by atoms with van der Waals surface area (Å²) in [5.41, 5.74) is 6.05. The smallest absolute Gasteiger partial charge is 0.405 e. The van der Waals surface area contributed by atoms with E-state index in [1.165, 1.54) is 28.9 Å². The first kappa shape index (κ1) is 27.3. The molecule has 0 unspecified atom stereocenters. The minimum Gasteiger partial charge on any atom is -0.405 e. The van der Waals surface area contributed by atoms with E-state index in [9.17, 15) is 13.2 Å². The second-order valence-corrected chi connectivity index (χ2v) is 11.9. The van der Waals surface area contributed by atoms with Crippen LogP contribution in [0.1, 0.15) is 68.8 Å². The molecule has 3 heterocycles. The lowest BCUT2D eigenvalue weighted by Gasteiger charge is -2.41. The Kier molecular flexibility index (Phi) is 7.25. The molecular formula is C31H37F3N4O. The number of fused-ring (bicyclic) bond motifs is 1. The molecule has 0 atom stereocenters. The van der Waals surface area contributed by atoms with Gasteiger partial charge in [0.2, 0.25) is 0 Å². The molecule has 2 aromatic carbocycles. The summed E-state index contributed by atoms with van der Waals surface area (Å²) in [6.07, 6.45) is -1.96. The number of aromatic nitrogens is 2. The number of anilines is 2. The van der Waals surface area contributed by atoms with E-state index in [0.717, 1.165) is 49.6 Å². The summed E-state index contributed by atoms with van der Waals surface area (Å²) < 4.78 is 44.0. The van der Waals surface area contributed by atoms with E-state index in [2.05, 4.69) is 67.4 Å². The van der Waals surface area contributed by atoms with Crippen molar-refractivity contribution in [3.8, 4) is 17.1 Å². The summed E-state index contributed by atoms with van der Waals surface area (Å²) in [5.74, 6) is 1.25. The standard InChI is InChI=1S/C31H37F3N4O/c1-20(2)22-12-11-21(3)26(17-22)37-16-13-25-24(18-37)29(38-15-8-14-30(4,5)19-38)36-28(35-25)23-9-6-7-10-27(23)39-31(32,33)34/h6-7,9-12,17,20H,8,13-16,18-19H2,1-5H3. The van der Waals surface area contributed by atoms with Gasteiger partial charge in [0, 0.05) is 43.9 Å². The second kappa shape index (κ2) is 10.4. The van der Waals surface area contributed by atoms with Crippen LogP contribution in [0.4, 0.5) is 24.7 Å². The number of hydrogen-bond donors (Lipinski definition) is 0. The van der Waals surface area contributed by atoms with Gasteiger partial charge in [-0.05, 0) is 60.4 Å². The Hall–Kier alpha value is -3.29. The lowest BCUT2D eigenvalue weighted by atomic mass is 9.84. The zero-order valence-corrected chi connectivity index (χ0v) is 23.4. The predicted octanol–water partition coefficient (Wildman–Crippen LogP) is 7.66. The van der Waals surface area contributed by atoms with Crippen molar-refractivity contribution < 1.29 is 17.9 Å². The Balaban J connectivity index is 1.60. The SMILES string of the molecule is Cc1ccc(C(C)C)cc1N1CCc2nc(-c3ccccc3OC(F)(F)F)nc(N3CCCC(C)(C)C3)c2C1. The molecule has 0 spiro atoms. The highest BCUT2D eigenvalue weighted by atomic mass is 19.4. The fraction of sp³-hybridized carbons (Fsp3) is 0.484. The lowest BCUT2D eigenvalue weighted by Crippen LogP contribution is -2.42. The maximum atomic E-state index is 13.2. The molecule has 0 bridgehead atoms. The number of alkyl halides is 3. The van der Waals surface area contributed by atoms with Crippen molar-refractivity contribution in [1.82, 2.24) is 9.97 Å². The van der Waals surface area contributed by atoms with Gasteiger partial charge >= 0.3 is 6.36 Å². The first-order valence-corrected chi connectivity index (χ1v) is 13.8. The van der Waals surface area contributed by atoms with Crippen molar-refractivity contribution in [2.45, 2.75) is 72.7 Å². The number of benzene rings is 2. The van der Waals surface area contributed by atoms with Crippen molar-refractivity contribution in [1.29, 1.82) is 0 Å². The maximum Gasteiger partial charge on any atom is 0.573 e. The first-order valence-electron chi connectivity index (χ1n) is 13.8. The number of halogens is 3. The summed E-state index contributed by atoms with van der Waals surface area (Å²) in [4.78, 5) is 14.5. The third-order valence-electron chi connectivity index (χ3n) is 7.83. The molecule has 2 aliphatic rings.